The molecule has 0 saturated carbocycles. The molecule has 22 heavy (non-hydrogen) atoms. The highest BCUT2D eigenvalue weighted by molar-refractivity contribution is 5.59. The number of nitrogens with zero attached hydrogens (tertiary/aromatic N) is 3. The number of para-hydroxylation sites is 1. The van der Waals surface area contributed by atoms with Crippen molar-refractivity contribution in [2.45, 2.75) is 38.7 Å². The van der Waals surface area contributed by atoms with Crippen LogP contribution in [0.2, 0.25) is 0 Å². The first kappa shape index (κ1) is 16.8. The van der Waals surface area contributed by atoms with Crippen LogP contribution in [0.15, 0.2) is 24.3 Å². The number of hydrogen-bond acceptors (Lipinski definition) is 4. The Bertz CT molecular complexity index is 519. The van der Waals surface area contributed by atoms with Crippen LogP contribution in [0.25, 0.3) is 0 Å². The molecule has 1 aliphatic heterocycles. The van der Waals surface area contributed by atoms with Gasteiger partial charge in [-0.05, 0) is 31.4 Å². The molecular formula is C18H27N3O. The molecule has 4 heteroatoms. The Morgan fingerprint density at radius 2 is 1.86 bits per heavy atom. The third-order valence-corrected chi connectivity index (χ3v) is 4.79. The topological polar surface area (TPSA) is 50.5 Å². The SMILES string of the molecule is CCC(O)(CC)CN1CCCN(c2ccccc2C#N)CC1. The molecule has 1 aromatic carbocycles. The lowest BCUT2D eigenvalue weighted by Crippen LogP contribution is -2.43. The zero-order valence-corrected chi connectivity index (χ0v) is 13.8. The van der Waals surface area contributed by atoms with E-state index in [0.717, 1.165) is 63.2 Å². The summed E-state index contributed by atoms with van der Waals surface area (Å²) in [5.74, 6) is 0. The highest BCUT2D eigenvalue weighted by Gasteiger charge is 2.27. The summed E-state index contributed by atoms with van der Waals surface area (Å²) in [5.41, 5.74) is 1.21. The molecule has 2 rings (SSSR count). The first-order chi connectivity index (χ1) is 10.6. The Labute approximate surface area is 134 Å². The molecule has 0 spiro atoms. The molecule has 1 aromatic rings. The minimum Gasteiger partial charge on any atom is -0.389 e. The van der Waals surface area contributed by atoms with Gasteiger partial charge in [0.05, 0.1) is 16.9 Å². The summed E-state index contributed by atoms with van der Waals surface area (Å²) < 4.78 is 0. The summed E-state index contributed by atoms with van der Waals surface area (Å²) in [6.45, 7) is 8.66. The van der Waals surface area contributed by atoms with E-state index in [9.17, 15) is 10.4 Å². The largest absolute Gasteiger partial charge is 0.389 e. The van der Waals surface area contributed by atoms with Gasteiger partial charge < -0.3 is 10.0 Å². The first-order valence-corrected chi connectivity index (χ1v) is 8.30. The van der Waals surface area contributed by atoms with Gasteiger partial charge in [-0.1, -0.05) is 26.0 Å². The summed E-state index contributed by atoms with van der Waals surface area (Å²) in [6.07, 6.45) is 2.64. The van der Waals surface area contributed by atoms with E-state index in [4.69, 9.17) is 0 Å². The van der Waals surface area contributed by atoms with E-state index in [0.29, 0.717) is 0 Å². The van der Waals surface area contributed by atoms with Gasteiger partial charge in [0.2, 0.25) is 0 Å². The average Bonchev–Trinajstić information content (AvgIpc) is 2.80. The number of anilines is 1. The Hall–Kier alpha value is -1.57. The fourth-order valence-electron chi connectivity index (χ4n) is 3.10. The summed E-state index contributed by atoms with van der Waals surface area (Å²) in [6, 6.07) is 10.1. The summed E-state index contributed by atoms with van der Waals surface area (Å²) in [5, 5.41) is 19.8. The number of benzene rings is 1. The van der Waals surface area contributed by atoms with Crippen LogP contribution < -0.4 is 4.90 Å². The van der Waals surface area contributed by atoms with E-state index in [1.165, 1.54) is 0 Å². The molecule has 0 aliphatic carbocycles. The molecule has 1 N–H and O–H groups in total. The number of nitriles is 1. The smallest absolute Gasteiger partial charge is 0.101 e. The maximum Gasteiger partial charge on any atom is 0.101 e. The summed E-state index contributed by atoms with van der Waals surface area (Å²) in [7, 11) is 0. The number of rotatable bonds is 5. The van der Waals surface area contributed by atoms with Crippen LogP contribution in [0.4, 0.5) is 5.69 Å². The average molecular weight is 301 g/mol. The van der Waals surface area contributed by atoms with Gasteiger partial charge in [-0.25, -0.2) is 0 Å². The van der Waals surface area contributed by atoms with Crippen LogP contribution >= 0.6 is 0 Å². The van der Waals surface area contributed by atoms with Crippen molar-refractivity contribution in [3.05, 3.63) is 29.8 Å². The zero-order valence-electron chi connectivity index (χ0n) is 13.8. The van der Waals surface area contributed by atoms with Crippen molar-refractivity contribution in [1.29, 1.82) is 5.26 Å². The maximum absolute atomic E-state index is 10.5. The second-order valence-electron chi connectivity index (χ2n) is 6.18. The van der Waals surface area contributed by atoms with E-state index in [1.807, 2.05) is 24.3 Å². The Morgan fingerprint density at radius 1 is 1.14 bits per heavy atom. The number of aliphatic hydroxyl groups is 1. The highest BCUT2D eigenvalue weighted by atomic mass is 16.3. The minimum absolute atomic E-state index is 0.570. The molecule has 1 fully saturated rings. The quantitative estimate of drug-likeness (QED) is 0.908. The molecule has 0 amide bonds. The third-order valence-electron chi connectivity index (χ3n) is 4.79. The molecule has 0 atom stereocenters. The fourth-order valence-corrected chi connectivity index (χ4v) is 3.10. The van der Waals surface area contributed by atoms with Crippen LogP contribution in [0.5, 0.6) is 0 Å². The van der Waals surface area contributed by atoms with Crippen molar-refractivity contribution in [3.63, 3.8) is 0 Å². The number of hydrogen-bond donors (Lipinski definition) is 1. The second kappa shape index (κ2) is 7.62. The maximum atomic E-state index is 10.5. The Balaban J connectivity index is 2.03. The standard InChI is InChI=1S/C18H27N3O/c1-3-18(22,4-2)15-20-10-7-11-21(13-12-20)17-9-6-5-8-16(17)14-19/h5-6,8-9,22H,3-4,7,10-13,15H2,1-2H3. The van der Waals surface area contributed by atoms with Gasteiger partial charge in [0.1, 0.15) is 6.07 Å². The fraction of sp³-hybridized carbons (Fsp3) is 0.611. The Morgan fingerprint density at radius 3 is 2.55 bits per heavy atom. The van der Waals surface area contributed by atoms with Crippen molar-refractivity contribution >= 4 is 5.69 Å². The van der Waals surface area contributed by atoms with Crippen LogP contribution in [-0.4, -0.2) is 48.3 Å². The van der Waals surface area contributed by atoms with Crippen molar-refractivity contribution in [2.24, 2.45) is 0 Å². The molecule has 0 radical (unpaired) electrons. The first-order valence-electron chi connectivity index (χ1n) is 8.30. The minimum atomic E-state index is -0.570. The molecule has 0 unspecified atom stereocenters. The predicted molar refractivity (Wildman–Crippen MR) is 90.0 cm³/mol. The summed E-state index contributed by atoms with van der Waals surface area (Å²) >= 11 is 0. The molecular weight excluding hydrogens is 274 g/mol. The lowest BCUT2D eigenvalue weighted by Gasteiger charge is -2.32. The monoisotopic (exact) mass is 301 g/mol. The van der Waals surface area contributed by atoms with Crippen LogP contribution in [0.3, 0.4) is 0 Å². The van der Waals surface area contributed by atoms with Gasteiger partial charge in [0, 0.05) is 32.7 Å². The van der Waals surface area contributed by atoms with E-state index < -0.39 is 5.60 Å². The molecule has 120 valence electrons. The van der Waals surface area contributed by atoms with Gasteiger partial charge >= 0.3 is 0 Å². The van der Waals surface area contributed by atoms with Crippen molar-refractivity contribution in [2.75, 3.05) is 37.6 Å². The lowest BCUT2D eigenvalue weighted by molar-refractivity contribution is -0.00168. The summed E-state index contributed by atoms with van der Waals surface area (Å²) in [4.78, 5) is 4.66. The van der Waals surface area contributed by atoms with Gasteiger partial charge in [0.15, 0.2) is 0 Å². The van der Waals surface area contributed by atoms with Gasteiger partial charge in [-0.2, -0.15) is 5.26 Å². The van der Waals surface area contributed by atoms with E-state index in [-0.39, 0.29) is 0 Å². The van der Waals surface area contributed by atoms with Gasteiger partial charge in [-0.3, -0.25) is 4.90 Å². The van der Waals surface area contributed by atoms with Gasteiger partial charge in [-0.15, -0.1) is 0 Å². The molecule has 1 aliphatic rings. The molecule has 1 heterocycles. The van der Waals surface area contributed by atoms with Crippen molar-refractivity contribution < 1.29 is 5.11 Å². The third kappa shape index (κ3) is 4.00. The molecule has 4 nitrogen and oxygen atoms in total. The van der Waals surface area contributed by atoms with E-state index >= 15 is 0 Å². The van der Waals surface area contributed by atoms with Crippen molar-refractivity contribution in [1.82, 2.24) is 4.90 Å². The predicted octanol–water partition coefficient (Wildman–Crippen LogP) is 2.62. The lowest BCUT2D eigenvalue weighted by atomic mass is 9.97. The van der Waals surface area contributed by atoms with E-state index in [2.05, 4.69) is 29.7 Å². The van der Waals surface area contributed by atoms with Crippen LogP contribution in [0, 0.1) is 11.3 Å². The molecule has 0 aromatic heterocycles. The number of β-amino-alcohol motifs (C(OH)–C–C–N with tert-alkyl or cyclic N) is 1. The van der Waals surface area contributed by atoms with Gasteiger partial charge in [0.25, 0.3) is 0 Å². The molecule has 0 bridgehead atoms. The van der Waals surface area contributed by atoms with E-state index in [1.54, 1.807) is 0 Å². The Kier molecular flexibility index (Phi) is 5.82. The zero-order chi connectivity index (χ0) is 16.0. The molecule has 1 saturated heterocycles. The highest BCUT2D eigenvalue weighted by Crippen LogP contribution is 2.22. The van der Waals surface area contributed by atoms with Crippen LogP contribution in [-0.2, 0) is 0 Å². The van der Waals surface area contributed by atoms with Crippen molar-refractivity contribution in [3.8, 4) is 6.07 Å². The normalized spacial score (nSPS) is 17.1. The van der Waals surface area contributed by atoms with Crippen LogP contribution in [0.1, 0.15) is 38.7 Å². The second-order valence-corrected chi connectivity index (χ2v) is 6.18.